The van der Waals surface area contributed by atoms with E-state index < -0.39 is 0 Å². The molecule has 2 aromatic rings. The molecule has 4 heteroatoms. The van der Waals surface area contributed by atoms with Gasteiger partial charge in [-0.15, -0.1) is 11.6 Å². The highest BCUT2D eigenvalue weighted by atomic mass is 35.5. The molecule has 3 rings (SSSR count). The Morgan fingerprint density at radius 3 is 2.67 bits per heavy atom. The van der Waals surface area contributed by atoms with Gasteiger partial charge in [-0.05, 0) is 42.5 Å². The van der Waals surface area contributed by atoms with Gasteiger partial charge in [0.15, 0.2) is 0 Å². The number of alkyl halides is 1. The fourth-order valence-electron chi connectivity index (χ4n) is 2.18. The summed E-state index contributed by atoms with van der Waals surface area (Å²) in [7, 11) is 0. The Morgan fingerprint density at radius 1 is 1.11 bits per heavy atom. The van der Waals surface area contributed by atoms with Gasteiger partial charge in [-0.1, -0.05) is 6.07 Å². The van der Waals surface area contributed by atoms with Gasteiger partial charge in [0.1, 0.15) is 5.75 Å². The van der Waals surface area contributed by atoms with Gasteiger partial charge in [0.2, 0.25) is 0 Å². The molecule has 1 aromatic heterocycles. The molecule has 0 radical (unpaired) electrons. The van der Waals surface area contributed by atoms with Crippen LogP contribution in [0.4, 0.5) is 0 Å². The van der Waals surface area contributed by atoms with Crippen LogP contribution in [0.1, 0.15) is 23.1 Å². The highest BCUT2D eigenvalue weighted by Crippen LogP contribution is 2.27. The monoisotopic (exact) mass is 260 g/mol. The average Bonchev–Trinajstić information content (AvgIpc) is 2.87. The summed E-state index contributed by atoms with van der Waals surface area (Å²) in [6.45, 7) is 0. The van der Waals surface area contributed by atoms with Gasteiger partial charge in [0, 0.05) is 18.0 Å². The van der Waals surface area contributed by atoms with Crippen molar-refractivity contribution in [3.05, 3.63) is 47.3 Å². The molecule has 0 bridgehead atoms. The first-order chi connectivity index (χ1) is 8.85. The molecule has 1 aliphatic rings. The third-order valence-electron chi connectivity index (χ3n) is 3.12. The number of halogens is 1. The minimum Gasteiger partial charge on any atom is -0.424 e. The second kappa shape index (κ2) is 4.94. The molecule has 0 N–H and O–H groups in total. The van der Waals surface area contributed by atoms with Crippen molar-refractivity contribution in [2.75, 3.05) is 0 Å². The summed E-state index contributed by atoms with van der Waals surface area (Å²) in [6.07, 6.45) is 6.92. The van der Waals surface area contributed by atoms with Crippen molar-refractivity contribution >= 4 is 11.6 Å². The van der Waals surface area contributed by atoms with Crippen LogP contribution in [-0.4, -0.2) is 9.97 Å². The molecule has 0 aliphatic heterocycles. The van der Waals surface area contributed by atoms with Crippen LogP contribution in [0.15, 0.2) is 30.6 Å². The Labute approximate surface area is 111 Å². The van der Waals surface area contributed by atoms with Gasteiger partial charge in [-0.2, -0.15) is 0 Å². The van der Waals surface area contributed by atoms with Crippen molar-refractivity contribution < 1.29 is 4.74 Å². The fourth-order valence-corrected chi connectivity index (χ4v) is 2.32. The third-order valence-corrected chi connectivity index (χ3v) is 3.42. The summed E-state index contributed by atoms with van der Waals surface area (Å²) in [6, 6.07) is 6.55. The van der Waals surface area contributed by atoms with E-state index in [-0.39, 0.29) is 0 Å². The molecule has 0 unspecified atom stereocenters. The minimum absolute atomic E-state index is 0.363. The zero-order chi connectivity index (χ0) is 12.4. The lowest BCUT2D eigenvalue weighted by molar-refractivity contribution is 0.441. The number of aryl methyl sites for hydroxylation is 2. The SMILES string of the molecule is ClCc1cnc(Oc2ccc3c(c2)CCC3)nc1. The van der Waals surface area contributed by atoms with Crippen LogP contribution in [0.2, 0.25) is 0 Å². The van der Waals surface area contributed by atoms with Crippen LogP contribution < -0.4 is 4.74 Å². The Bertz CT molecular complexity index is 554. The number of fused-ring (bicyclic) bond motifs is 1. The summed E-state index contributed by atoms with van der Waals surface area (Å²) in [5.41, 5.74) is 3.70. The molecule has 0 spiro atoms. The van der Waals surface area contributed by atoms with E-state index in [9.17, 15) is 0 Å². The number of nitrogens with zero attached hydrogens (tertiary/aromatic N) is 2. The number of ether oxygens (including phenoxy) is 1. The van der Waals surface area contributed by atoms with Crippen LogP contribution >= 0.6 is 11.6 Å². The largest absolute Gasteiger partial charge is 0.424 e. The molecule has 3 nitrogen and oxygen atoms in total. The number of hydrogen-bond donors (Lipinski definition) is 0. The van der Waals surface area contributed by atoms with Crippen LogP contribution in [0.5, 0.6) is 11.8 Å². The van der Waals surface area contributed by atoms with Crippen molar-refractivity contribution in [3.8, 4) is 11.8 Å². The van der Waals surface area contributed by atoms with Crippen molar-refractivity contribution in [2.45, 2.75) is 25.1 Å². The lowest BCUT2D eigenvalue weighted by Gasteiger charge is -2.06. The molecule has 0 saturated carbocycles. The van der Waals surface area contributed by atoms with E-state index in [2.05, 4.69) is 22.1 Å². The zero-order valence-corrected chi connectivity index (χ0v) is 10.7. The molecule has 92 valence electrons. The lowest BCUT2D eigenvalue weighted by atomic mass is 10.1. The second-order valence-electron chi connectivity index (χ2n) is 4.39. The Balaban J connectivity index is 1.79. The molecular weight excluding hydrogens is 248 g/mol. The van der Waals surface area contributed by atoms with Crippen LogP contribution in [0, 0.1) is 0 Å². The fraction of sp³-hybridized carbons (Fsp3) is 0.286. The average molecular weight is 261 g/mol. The van der Waals surface area contributed by atoms with E-state index in [1.807, 2.05) is 6.07 Å². The summed E-state index contributed by atoms with van der Waals surface area (Å²) in [5.74, 6) is 1.22. The number of aromatic nitrogens is 2. The highest BCUT2D eigenvalue weighted by molar-refractivity contribution is 6.17. The van der Waals surface area contributed by atoms with Crippen LogP contribution in [0.3, 0.4) is 0 Å². The maximum absolute atomic E-state index is 5.68. The van der Waals surface area contributed by atoms with E-state index in [0.717, 1.165) is 17.7 Å². The molecule has 1 aliphatic carbocycles. The van der Waals surface area contributed by atoms with E-state index in [1.165, 1.54) is 24.0 Å². The summed E-state index contributed by atoms with van der Waals surface area (Å²) in [5, 5.41) is 0. The van der Waals surface area contributed by atoms with Crippen LogP contribution in [0.25, 0.3) is 0 Å². The van der Waals surface area contributed by atoms with Gasteiger partial charge >= 0.3 is 6.01 Å². The first-order valence-electron chi connectivity index (χ1n) is 6.02. The first-order valence-corrected chi connectivity index (χ1v) is 6.55. The van der Waals surface area contributed by atoms with Crippen molar-refractivity contribution in [1.29, 1.82) is 0 Å². The predicted molar refractivity (Wildman–Crippen MR) is 70.1 cm³/mol. The maximum Gasteiger partial charge on any atom is 0.321 e. The standard InChI is InChI=1S/C14H13ClN2O/c15-7-10-8-16-14(17-9-10)18-13-5-4-11-2-1-3-12(11)6-13/h4-6,8-9H,1-3,7H2. The summed E-state index contributed by atoms with van der Waals surface area (Å²) in [4.78, 5) is 8.24. The second-order valence-corrected chi connectivity index (χ2v) is 4.66. The summed E-state index contributed by atoms with van der Waals surface area (Å²) >= 11 is 5.68. The Kier molecular flexibility index (Phi) is 3.15. The van der Waals surface area contributed by atoms with Crippen LogP contribution in [-0.2, 0) is 18.7 Å². The van der Waals surface area contributed by atoms with E-state index in [1.54, 1.807) is 12.4 Å². The third kappa shape index (κ3) is 2.31. The lowest BCUT2D eigenvalue weighted by Crippen LogP contribution is -1.93. The Hall–Kier alpha value is -1.61. The number of rotatable bonds is 3. The Morgan fingerprint density at radius 2 is 1.89 bits per heavy atom. The summed E-state index contributed by atoms with van der Waals surface area (Å²) < 4.78 is 5.64. The highest BCUT2D eigenvalue weighted by Gasteiger charge is 2.11. The topological polar surface area (TPSA) is 35.0 Å². The molecule has 1 heterocycles. The van der Waals surface area contributed by atoms with Gasteiger partial charge < -0.3 is 4.74 Å². The predicted octanol–water partition coefficient (Wildman–Crippen LogP) is 3.50. The number of benzene rings is 1. The maximum atomic E-state index is 5.68. The quantitative estimate of drug-likeness (QED) is 0.793. The first kappa shape index (κ1) is 11.5. The molecule has 0 amide bonds. The smallest absolute Gasteiger partial charge is 0.321 e. The molecule has 18 heavy (non-hydrogen) atoms. The molecule has 1 aromatic carbocycles. The van der Waals surface area contributed by atoms with E-state index in [4.69, 9.17) is 16.3 Å². The normalized spacial score (nSPS) is 13.4. The van der Waals surface area contributed by atoms with Gasteiger partial charge in [-0.25, -0.2) is 9.97 Å². The van der Waals surface area contributed by atoms with Gasteiger partial charge in [-0.3, -0.25) is 0 Å². The molecule has 0 atom stereocenters. The minimum atomic E-state index is 0.363. The van der Waals surface area contributed by atoms with Gasteiger partial charge in [0.25, 0.3) is 0 Å². The number of hydrogen-bond acceptors (Lipinski definition) is 3. The van der Waals surface area contributed by atoms with Crippen molar-refractivity contribution in [3.63, 3.8) is 0 Å². The van der Waals surface area contributed by atoms with Gasteiger partial charge in [0.05, 0.1) is 5.88 Å². The van der Waals surface area contributed by atoms with Crippen molar-refractivity contribution in [2.24, 2.45) is 0 Å². The zero-order valence-electron chi connectivity index (χ0n) is 9.90. The van der Waals surface area contributed by atoms with Crippen molar-refractivity contribution in [1.82, 2.24) is 9.97 Å². The van der Waals surface area contributed by atoms with E-state index >= 15 is 0 Å². The molecule has 0 saturated heterocycles. The molecular formula is C14H13ClN2O. The molecule has 0 fully saturated rings. The van der Waals surface area contributed by atoms with E-state index in [0.29, 0.717) is 11.9 Å².